The summed E-state index contributed by atoms with van der Waals surface area (Å²) >= 11 is 0. The van der Waals surface area contributed by atoms with E-state index in [2.05, 4.69) is 5.16 Å². The first-order valence-corrected chi connectivity index (χ1v) is 10.5. The Labute approximate surface area is 170 Å². The van der Waals surface area contributed by atoms with Crippen LogP contribution in [0.4, 0.5) is 0 Å². The fraction of sp³-hybridized carbons (Fsp3) is 0.588. The van der Waals surface area contributed by atoms with Crippen molar-refractivity contribution in [2.75, 3.05) is 26.9 Å². The molecule has 0 aromatic carbocycles. The van der Waals surface area contributed by atoms with Gasteiger partial charge in [0.15, 0.2) is 11.5 Å². The fourth-order valence-corrected chi connectivity index (χ4v) is 4.74. The summed E-state index contributed by atoms with van der Waals surface area (Å²) in [7, 11) is -0.0119. The molecule has 2 amide bonds. The first-order chi connectivity index (χ1) is 12.5. The van der Waals surface area contributed by atoms with E-state index in [1.807, 2.05) is 32.8 Å². The van der Waals surface area contributed by atoms with Crippen molar-refractivity contribution in [2.45, 2.75) is 26.4 Å². The molecule has 0 radical (unpaired) electrons. The second-order valence-electron chi connectivity index (χ2n) is 7.58. The average molecular weight is 433 g/mol. The highest BCUT2D eigenvalue weighted by Crippen LogP contribution is 2.41. The molecule has 3 heterocycles. The zero-order chi connectivity index (χ0) is 20.1. The van der Waals surface area contributed by atoms with Gasteiger partial charge < -0.3 is 14.3 Å². The number of carbonyl (C=O) groups excluding carboxylic acids is 2. The van der Waals surface area contributed by atoms with Crippen LogP contribution in [0.5, 0.6) is 0 Å². The lowest BCUT2D eigenvalue weighted by Gasteiger charge is -2.28. The number of fused-ring (bicyclic) bond motifs is 1. The molecule has 0 spiro atoms. The first kappa shape index (κ1) is 22.4. The molecule has 0 N–H and O–H groups in total. The molecule has 2 aliphatic rings. The number of rotatable bonds is 5. The largest absolute Gasteiger partial charge is 0.359 e. The van der Waals surface area contributed by atoms with Crippen molar-refractivity contribution < 1.29 is 22.5 Å². The van der Waals surface area contributed by atoms with E-state index >= 15 is 0 Å². The van der Waals surface area contributed by atoms with Crippen LogP contribution in [0, 0.1) is 11.8 Å². The fourth-order valence-electron chi connectivity index (χ4n) is 3.73. The molecule has 1 saturated heterocycles. The lowest BCUT2D eigenvalue weighted by Crippen LogP contribution is -2.43. The Bertz CT molecular complexity index is 908. The topological polar surface area (TPSA) is 104 Å². The van der Waals surface area contributed by atoms with Crippen LogP contribution in [0.1, 0.15) is 30.1 Å². The minimum atomic E-state index is -3.76. The van der Waals surface area contributed by atoms with Gasteiger partial charge in [-0.15, -0.1) is 12.4 Å². The zero-order valence-corrected chi connectivity index (χ0v) is 18.1. The summed E-state index contributed by atoms with van der Waals surface area (Å²) in [6, 6.07) is 0.962. The van der Waals surface area contributed by atoms with Crippen LogP contribution in [0.15, 0.2) is 22.4 Å². The highest BCUT2D eigenvalue weighted by atomic mass is 35.5. The lowest BCUT2D eigenvalue weighted by atomic mass is 9.89. The van der Waals surface area contributed by atoms with Crippen molar-refractivity contribution in [3.8, 4) is 0 Å². The Morgan fingerprint density at radius 1 is 1.39 bits per heavy atom. The third kappa shape index (κ3) is 3.81. The molecule has 0 bridgehead atoms. The number of hydrogen-bond acceptors (Lipinski definition) is 7. The Hall–Kier alpha value is -1.91. The zero-order valence-electron chi connectivity index (χ0n) is 16.4. The maximum atomic E-state index is 13.0. The molecular formula is C17H25ClN4O5S. The molecule has 2 atom stereocenters. The van der Waals surface area contributed by atoms with Gasteiger partial charge in [0.1, 0.15) is 0 Å². The van der Waals surface area contributed by atoms with Crippen molar-refractivity contribution in [1.29, 1.82) is 0 Å². The molecule has 0 aliphatic carbocycles. The maximum Gasteiger partial charge on any atom is 0.276 e. The van der Waals surface area contributed by atoms with E-state index < -0.39 is 27.9 Å². The van der Waals surface area contributed by atoms with Crippen LogP contribution in [0.25, 0.3) is 0 Å². The number of aromatic nitrogens is 1. The summed E-state index contributed by atoms with van der Waals surface area (Å²) in [6.07, 6.45) is 2.63. The third-order valence-corrected chi connectivity index (χ3v) is 5.81. The van der Waals surface area contributed by atoms with Gasteiger partial charge in [0.2, 0.25) is 15.9 Å². The van der Waals surface area contributed by atoms with Crippen LogP contribution in [0.3, 0.4) is 0 Å². The molecule has 1 fully saturated rings. The molecule has 0 unspecified atom stereocenters. The highest BCUT2D eigenvalue weighted by Gasteiger charge is 2.55. The third-order valence-electron chi connectivity index (χ3n) is 4.76. The molecule has 11 heteroatoms. The van der Waals surface area contributed by atoms with E-state index in [4.69, 9.17) is 4.52 Å². The van der Waals surface area contributed by atoms with Gasteiger partial charge in [0.25, 0.3) is 5.91 Å². The van der Waals surface area contributed by atoms with Crippen molar-refractivity contribution in [3.63, 3.8) is 0 Å². The summed E-state index contributed by atoms with van der Waals surface area (Å²) < 4.78 is 30.3. The van der Waals surface area contributed by atoms with Crippen LogP contribution in [-0.2, 0) is 21.4 Å². The van der Waals surface area contributed by atoms with E-state index in [-0.39, 0.29) is 36.5 Å². The van der Waals surface area contributed by atoms with Crippen LogP contribution < -0.4 is 0 Å². The molecule has 28 heavy (non-hydrogen) atoms. The van der Waals surface area contributed by atoms with Gasteiger partial charge in [0.05, 0.1) is 30.5 Å². The van der Waals surface area contributed by atoms with Crippen LogP contribution in [-0.4, -0.2) is 72.4 Å². The van der Waals surface area contributed by atoms with E-state index in [1.165, 1.54) is 4.90 Å². The second kappa shape index (κ2) is 7.84. The van der Waals surface area contributed by atoms with Gasteiger partial charge in [-0.25, -0.2) is 12.7 Å². The predicted octanol–water partition coefficient (Wildman–Crippen LogP) is 0.940. The minimum Gasteiger partial charge on any atom is -0.359 e. The van der Waals surface area contributed by atoms with Gasteiger partial charge in [-0.1, -0.05) is 19.0 Å². The Morgan fingerprint density at radius 3 is 2.57 bits per heavy atom. The Morgan fingerprint density at radius 2 is 2.04 bits per heavy atom. The van der Waals surface area contributed by atoms with E-state index in [9.17, 15) is 18.0 Å². The second-order valence-corrected chi connectivity index (χ2v) is 9.41. The Balaban J connectivity index is 0.00000280. The smallest absolute Gasteiger partial charge is 0.276 e. The van der Waals surface area contributed by atoms with E-state index in [0.29, 0.717) is 18.0 Å². The normalized spacial score (nSPS) is 22.0. The molecular weight excluding hydrogens is 408 g/mol. The van der Waals surface area contributed by atoms with Crippen molar-refractivity contribution in [3.05, 3.63) is 29.3 Å². The predicted molar refractivity (Wildman–Crippen MR) is 104 cm³/mol. The van der Waals surface area contributed by atoms with Gasteiger partial charge in [0, 0.05) is 12.6 Å². The lowest BCUT2D eigenvalue weighted by molar-refractivity contribution is -0.128. The molecule has 2 aliphatic heterocycles. The average Bonchev–Trinajstić information content (AvgIpc) is 3.18. The molecule has 3 rings (SSSR count). The standard InChI is InChI=1S/C17H24N4O5S.ClH/c1-10(2)14-15-13(21(17(14)23)27(5,24)25)6-7-20(15)16(22)12-8-11(26-18-12)9-19(3)4;/h6,8,10,14-15H,7,9H2,1-5H3;1H/t14-,15+;/m1./s1. The minimum absolute atomic E-state index is 0. The number of carbonyl (C=O) groups is 2. The van der Waals surface area contributed by atoms with Crippen LogP contribution in [0.2, 0.25) is 0 Å². The van der Waals surface area contributed by atoms with Gasteiger partial charge in [-0.05, 0) is 26.1 Å². The molecule has 9 nitrogen and oxygen atoms in total. The molecule has 1 aromatic rings. The summed E-state index contributed by atoms with van der Waals surface area (Å²) in [5.74, 6) is -1.07. The summed E-state index contributed by atoms with van der Waals surface area (Å²) in [4.78, 5) is 29.2. The summed E-state index contributed by atoms with van der Waals surface area (Å²) in [5, 5.41) is 3.85. The first-order valence-electron chi connectivity index (χ1n) is 8.68. The molecule has 0 saturated carbocycles. The number of sulfonamides is 1. The number of nitrogens with zero attached hydrogens (tertiary/aromatic N) is 4. The van der Waals surface area contributed by atoms with Gasteiger partial charge in [-0.2, -0.15) is 0 Å². The number of halogens is 1. The van der Waals surface area contributed by atoms with Crippen molar-refractivity contribution >= 4 is 34.2 Å². The van der Waals surface area contributed by atoms with Crippen molar-refractivity contribution in [2.24, 2.45) is 11.8 Å². The van der Waals surface area contributed by atoms with E-state index in [1.54, 1.807) is 12.1 Å². The van der Waals surface area contributed by atoms with Gasteiger partial charge in [-0.3, -0.25) is 9.59 Å². The molecule has 156 valence electrons. The summed E-state index contributed by atoms with van der Waals surface area (Å²) in [6.45, 7) is 4.41. The van der Waals surface area contributed by atoms with E-state index in [0.717, 1.165) is 10.6 Å². The molecule has 1 aromatic heterocycles. The van der Waals surface area contributed by atoms with Gasteiger partial charge >= 0.3 is 0 Å². The quantitative estimate of drug-likeness (QED) is 0.681. The maximum absolute atomic E-state index is 13.0. The van der Waals surface area contributed by atoms with Crippen molar-refractivity contribution in [1.82, 2.24) is 19.3 Å². The summed E-state index contributed by atoms with van der Waals surface area (Å²) in [5.41, 5.74) is 0.501. The number of hydrogen-bond donors (Lipinski definition) is 0. The monoisotopic (exact) mass is 432 g/mol. The highest BCUT2D eigenvalue weighted by molar-refractivity contribution is 7.89. The number of amides is 2. The Kier molecular flexibility index (Phi) is 6.27. The SMILES string of the molecule is CC(C)[C@H]1C(=O)N(S(C)(=O)=O)C2=CCN(C(=O)c3cc(CN(C)C)on3)[C@@H]21.Cl. The van der Waals surface area contributed by atoms with Crippen LogP contribution >= 0.6 is 12.4 Å².